The molecule has 0 saturated carbocycles. The maximum atomic E-state index is 11.0. The van der Waals surface area contributed by atoms with Crippen molar-refractivity contribution < 1.29 is 8.42 Å². The Labute approximate surface area is 67.8 Å². The molecule has 0 aromatic rings. The zero-order valence-electron chi connectivity index (χ0n) is 6.82. The second-order valence-electron chi connectivity index (χ2n) is 2.69. The first-order valence-corrected chi connectivity index (χ1v) is 5.40. The Bertz CT molecular complexity index is 219. The van der Waals surface area contributed by atoms with Gasteiger partial charge >= 0.3 is 0 Å². The van der Waals surface area contributed by atoms with Gasteiger partial charge in [-0.2, -0.15) is 0 Å². The fraction of sp³-hybridized carbons (Fsp3) is 0.833. The van der Waals surface area contributed by atoms with Gasteiger partial charge in [0.15, 0.2) is 0 Å². The Morgan fingerprint density at radius 3 is 2.55 bits per heavy atom. The molecule has 11 heavy (non-hydrogen) atoms. The van der Waals surface area contributed by atoms with Crippen LogP contribution in [0.1, 0.15) is 12.8 Å². The molecule has 0 aromatic carbocycles. The summed E-state index contributed by atoms with van der Waals surface area (Å²) in [7, 11) is -1.49. The number of sulfonamides is 1. The van der Waals surface area contributed by atoms with E-state index in [1.807, 2.05) is 6.54 Å². The first-order chi connectivity index (χ1) is 5.02. The maximum Gasteiger partial charge on any atom is 0.223 e. The van der Waals surface area contributed by atoms with Crippen molar-refractivity contribution in [2.24, 2.45) is 0 Å². The van der Waals surface area contributed by atoms with Crippen LogP contribution in [0.3, 0.4) is 0 Å². The summed E-state index contributed by atoms with van der Waals surface area (Å²) in [6, 6.07) is 0. The van der Waals surface area contributed by atoms with Crippen molar-refractivity contribution in [2.75, 3.05) is 19.8 Å². The van der Waals surface area contributed by atoms with Gasteiger partial charge in [0.2, 0.25) is 10.0 Å². The molecule has 65 valence electrons. The van der Waals surface area contributed by atoms with E-state index in [4.69, 9.17) is 0 Å². The summed E-state index contributed by atoms with van der Waals surface area (Å²) in [6.07, 6.45) is 3.22. The molecule has 0 unspecified atom stereocenters. The molecule has 0 aliphatic carbocycles. The molecule has 1 aliphatic heterocycles. The van der Waals surface area contributed by atoms with Gasteiger partial charge < -0.3 is 0 Å². The average molecular weight is 177 g/mol. The second-order valence-corrected chi connectivity index (χ2v) is 4.68. The highest BCUT2D eigenvalue weighted by atomic mass is 32.2. The molecule has 1 aliphatic rings. The van der Waals surface area contributed by atoms with Crippen molar-refractivity contribution >= 4 is 10.0 Å². The molecule has 1 rings (SSSR count). The van der Waals surface area contributed by atoms with Crippen LogP contribution in [0, 0.1) is 6.54 Å². The standard InChI is InChI=1S/C6H13N2O2S/c1-7(11(2,9)10)8-5-3-4-6-8/h5H,3-4,6H2,1-2H3. The van der Waals surface area contributed by atoms with E-state index >= 15 is 0 Å². The first-order valence-electron chi connectivity index (χ1n) is 3.55. The number of hydrazine groups is 1. The van der Waals surface area contributed by atoms with Gasteiger partial charge in [-0.1, -0.05) is 0 Å². The summed E-state index contributed by atoms with van der Waals surface area (Å²) in [6.45, 7) is 2.71. The average Bonchev–Trinajstić information content (AvgIpc) is 2.34. The van der Waals surface area contributed by atoms with Crippen LogP contribution < -0.4 is 0 Å². The summed E-state index contributed by atoms with van der Waals surface area (Å²) in [5.41, 5.74) is 0. The Balaban J connectivity index is 2.60. The van der Waals surface area contributed by atoms with Gasteiger partial charge in [0.05, 0.1) is 6.26 Å². The topological polar surface area (TPSA) is 40.6 Å². The van der Waals surface area contributed by atoms with Crippen LogP contribution >= 0.6 is 0 Å². The van der Waals surface area contributed by atoms with E-state index in [1.165, 1.54) is 10.7 Å². The number of hydrogen-bond donors (Lipinski definition) is 0. The molecule has 1 heterocycles. The molecule has 0 atom stereocenters. The Kier molecular flexibility index (Phi) is 2.51. The molecule has 1 saturated heterocycles. The zero-order chi connectivity index (χ0) is 8.48. The summed E-state index contributed by atoms with van der Waals surface area (Å²) in [4.78, 5) is 0. The van der Waals surface area contributed by atoms with Gasteiger partial charge in [0.1, 0.15) is 0 Å². The highest BCUT2D eigenvalue weighted by Crippen LogP contribution is 2.15. The monoisotopic (exact) mass is 177 g/mol. The van der Waals surface area contributed by atoms with E-state index in [2.05, 4.69) is 0 Å². The highest BCUT2D eigenvalue weighted by molar-refractivity contribution is 7.88. The van der Waals surface area contributed by atoms with E-state index in [9.17, 15) is 8.42 Å². The van der Waals surface area contributed by atoms with Gasteiger partial charge in [-0.25, -0.2) is 13.4 Å². The predicted octanol–water partition coefficient (Wildman–Crippen LogP) is 0.0504. The number of nitrogens with zero attached hydrogens (tertiary/aromatic N) is 2. The first kappa shape index (κ1) is 8.96. The van der Waals surface area contributed by atoms with Crippen LogP contribution in [0.2, 0.25) is 0 Å². The molecule has 0 spiro atoms. The number of rotatable bonds is 2. The fourth-order valence-corrected chi connectivity index (χ4v) is 1.56. The molecule has 0 amide bonds. The van der Waals surface area contributed by atoms with Gasteiger partial charge in [-0.15, -0.1) is 4.41 Å². The van der Waals surface area contributed by atoms with Crippen molar-refractivity contribution in [1.29, 1.82) is 0 Å². The van der Waals surface area contributed by atoms with Crippen molar-refractivity contribution in [2.45, 2.75) is 12.8 Å². The molecule has 0 aromatic heterocycles. The third kappa shape index (κ3) is 2.15. The third-order valence-corrected chi connectivity index (χ3v) is 2.94. The van der Waals surface area contributed by atoms with Gasteiger partial charge in [0.25, 0.3) is 0 Å². The van der Waals surface area contributed by atoms with Crippen LogP contribution in [0.5, 0.6) is 0 Å². The molecule has 1 fully saturated rings. The van der Waals surface area contributed by atoms with Crippen molar-refractivity contribution in [3.63, 3.8) is 0 Å². The molecule has 1 radical (unpaired) electrons. The Morgan fingerprint density at radius 2 is 2.18 bits per heavy atom. The minimum absolute atomic E-state index is 0.809. The lowest BCUT2D eigenvalue weighted by Crippen LogP contribution is -2.39. The molecular weight excluding hydrogens is 164 g/mol. The minimum Gasteiger partial charge on any atom is -0.224 e. The largest absolute Gasteiger partial charge is 0.224 e. The lowest BCUT2D eigenvalue weighted by atomic mass is 10.4. The van der Waals surface area contributed by atoms with Crippen LogP contribution in [-0.2, 0) is 10.0 Å². The van der Waals surface area contributed by atoms with Crippen molar-refractivity contribution in [1.82, 2.24) is 9.42 Å². The quantitative estimate of drug-likeness (QED) is 0.598. The van der Waals surface area contributed by atoms with Crippen LogP contribution in [-0.4, -0.2) is 37.7 Å². The normalized spacial score (nSPS) is 21.4. The SMILES string of the molecule is CN(N1[CH]CCC1)S(C)(=O)=O. The van der Waals surface area contributed by atoms with E-state index in [0.29, 0.717) is 0 Å². The maximum absolute atomic E-state index is 11.0. The van der Waals surface area contributed by atoms with Crippen molar-refractivity contribution in [3.8, 4) is 0 Å². The summed E-state index contributed by atoms with van der Waals surface area (Å²) in [5.74, 6) is 0. The molecule has 4 nitrogen and oxygen atoms in total. The fourth-order valence-electron chi connectivity index (χ4n) is 1.03. The molecule has 0 bridgehead atoms. The van der Waals surface area contributed by atoms with E-state index in [1.54, 1.807) is 12.1 Å². The van der Waals surface area contributed by atoms with Crippen molar-refractivity contribution in [3.05, 3.63) is 6.54 Å². The lowest BCUT2D eigenvalue weighted by molar-refractivity contribution is 0.150. The third-order valence-electron chi connectivity index (χ3n) is 1.77. The molecule has 0 N–H and O–H groups in total. The van der Waals surface area contributed by atoms with Crippen LogP contribution in [0.15, 0.2) is 0 Å². The van der Waals surface area contributed by atoms with Gasteiger partial charge in [-0.3, -0.25) is 0 Å². The smallest absolute Gasteiger partial charge is 0.223 e. The minimum atomic E-state index is -3.06. The van der Waals surface area contributed by atoms with Crippen LogP contribution in [0.4, 0.5) is 0 Å². The summed E-state index contributed by atoms with van der Waals surface area (Å²) < 4.78 is 23.2. The number of hydrogen-bond acceptors (Lipinski definition) is 3. The summed E-state index contributed by atoms with van der Waals surface area (Å²) in [5, 5.41) is 1.73. The Hall–Kier alpha value is -0.130. The molecular formula is C6H13N2O2S. The molecule has 5 heteroatoms. The van der Waals surface area contributed by atoms with E-state index < -0.39 is 10.0 Å². The predicted molar refractivity (Wildman–Crippen MR) is 42.8 cm³/mol. The van der Waals surface area contributed by atoms with E-state index in [-0.39, 0.29) is 0 Å². The van der Waals surface area contributed by atoms with Gasteiger partial charge in [-0.05, 0) is 12.8 Å². The summed E-state index contributed by atoms with van der Waals surface area (Å²) >= 11 is 0. The lowest BCUT2D eigenvalue weighted by Gasteiger charge is -2.24. The zero-order valence-corrected chi connectivity index (χ0v) is 7.63. The Morgan fingerprint density at radius 1 is 1.55 bits per heavy atom. The van der Waals surface area contributed by atoms with E-state index in [0.717, 1.165) is 19.4 Å². The van der Waals surface area contributed by atoms with Gasteiger partial charge in [0, 0.05) is 20.1 Å². The second kappa shape index (κ2) is 3.08. The van der Waals surface area contributed by atoms with Crippen LogP contribution in [0.25, 0.3) is 0 Å². The highest BCUT2D eigenvalue weighted by Gasteiger charge is 2.22.